The van der Waals surface area contributed by atoms with E-state index in [-0.39, 0.29) is 11.4 Å². The van der Waals surface area contributed by atoms with Crippen LogP contribution in [0.15, 0.2) is 23.1 Å². The molecule has 0 fully saturated rings. The Morgan fingerprint density at radius 3 is 2.75 bits per heavy atom. The SMILES string of the molecule is CN1C(=O)Nc2ccc(CN)cc2S1(=O)=O. The lowest BCUT2D eigenvalue weighted by Gasteiger charge is -2.25. The second-order valence-corrected chi connectivity index (χ2v) is 5.38. The molecule has 0 spiro atoms. The van der Waals surface area contributed by atoms with Crippen molar-refractivity contribution in [1.29, 1.82) is 0 Å². The van der Waals surface area contributed by atoms with Gasteiger partial charge in [-0.25, -0.2) is 17.5 Å². The number of benzene rings is 1. The number of rotatable bonds is 1. The summed E-state index contributed by atoms with van der Waals surface area (Å²) in [4.78, 5) is 11.4. The molecule has 0 aliphatic carbocycles. The van der Waals surface area contributed by atoms with Gasteiger partial charge in [0.2, 0.25) is 0 Å². The van der Waals surface area contributed by atoms with Crippen molar-refractivity contribution in [3.05, 3.63) is 23.8 Å². The highest BCUT2D eigenvalue weighted by Gasteiger charge is 2.33. The summed E-state index contributed by atoms with van der Waals surface area (Å²) >= 11 is 0. The fraction of sp³-hybridized carbons (Fsp3) is 0.222. The van der Waals surface area contributed by atoms with Gasteiger partial charge >= 0.3 is 6.03 Å². The van der Waals surface area contributed by atoms with Crippen LogP contribution < -0.4 is 11.1 Å². The molecule has 0 saturated carbocycles. The number of nitrogens with zero attached hydrogens (tertiary/aromatic N) is 1. The molecule has 0 bridgehead atoms. The molecule has 86 valence electrons. The number of urea groups is 1. The summed E-state index contributed by atoms with van der Waals surface area (Å²) in [7, 11) is -2.53. The summed E-state index contributed by atoms with van der Waals surface area (Å²) in [5.74, 6) is 0. The van der Waals surface area contributed by atoms with Crippen LogP contribution in [0.4, 0.5) is 10.5 Å². The van der Waals surface area contributed by atoms with E-state index in [4.69, 9.17) is 5.73 Å². The summed E-state index contributed by atoms with van der Waals surface area (Å²) in [5, 5.41) is 2.48. The second-order valence-electron chi connectivity index (χ2n) is 3.44. The smallest absolute Gasteiger partial charge is 0.326 e. The minimum atomic E-state index is -3.74. The molecule has 1 aromatic carbocycles. The molecule has 1 aliphatic heterocycles. The van der Waals surface area contributed by atoms with E-state index in [0.717, 1.165) is 0 Å². The van der Waals surface area contributed by atoms with Crippen molar-refractivity contribution in [1.82, 2.24) is 4.31 Å². The predicted molar refractivity (Wildman–Crippen MR) is 58.3 cm³/mol. The zero-order chi connectivity index (χ0) is 11.9. The number of sulfonamides is 1. The van der Waals surface area contributed by atoms with Crippen molar-refractivity contribution in [3.63, 3.8) is 0 Å². The van der Waals surface area contributed by atoms with E-state index in [2.05, 4.69) is 5.32 Å². The molecule has 6 nitrogen and oxygen atoms in total. The van der Waals surface area contributed by atoms with Crippen LogP contribution in [0.3, 0.4) is 0 Å². The molecule has 0 atom stereocenters. The van der Waals surface area contributed by atoms with Gasteiger partial charge in [0.05, 0.1) is 5.69 Å². The predicted octanol–water partition coefficient (Wildman–Crippen LogP) is 0.311. The Labute approximate surface area is 93.1 Å². The van der Waals surface area contributed by atoms with Crippen LogP contribution in [0, 0.1) is 0 Å². The fourth-order valence-corrected chi connectivity index (χ4v) is 2.72. The van der Waals surface area contributed by atoms with Gasteiger partial charge in [0.1, 0.15) is 4.90 Å². The molecule has 1 heterocycles. The number of carbonyl (C=O) groups excluding carboxylic acids is 1. The zero-order valence-electron chi connectivity index (χ0n) is 8.60. The molecule has 3 N–H and O–H groups in total. The summed E-state index contributed by atoms with van der Waals surface area (Å²) in [6.07, 6.45) is 0. The highest BCUT2D eigenvalue weighted by Crippen LogP contribution is 2.29. The fourth-order valence-electron chi connectivity index (χ4n) is 1.46. The summed E-state index contributed by atoms with van der Waals surface area (Å²) in [6, 6.07) is 4.04. The van der Waals surface area contributed by atoms with Gasteiger partial charge in [0.15, 0.2) is 0 Å². The average molecular weight is 241 g/mol. The van der Waals surface area contributed by atoms with Crippen LogP contribution in [-0.2, 0) is 16.6 Å². The highest BCUT2D eigenvalue weighted by molar-refractivity contribution is 7.90. The Morgan fingerprint density at radius 1 is 1.44 bits per heavy atom. The molecule has 0 aromatic heterocycles. The summed E-state index contributed by atoms with van der Waals surface area (Å²) in [5.41, 5.74) is 6.43. The number of hydrogen-bond donors (Lipinski definition) is 2. The largest absolute Gasteiger partial charge is 0.335 e. The topological polar surface area (TPSA) is 92.5 Å². The number of carbonyl (C=O) groups is 1. The van der Waals surface area contributed by atoms with E-state index < -0.39 is 16.1 Å². The van der Waals surface area contributed by atoms with Crippen molar-refractivity contribution in [2.75, 3.05) is 12.4 Å². The van der Waals surface area contributed by atoms with Gasteiger partial charge in [-0.1, -0.05) is 6.07 Å². The lowest BCUT2D eigenvalue weighted by Crippen LogP contribution is -2.41. The Morgan fingerprint density at radius 2 is 2.12 bits per heavy atom. The minimum Gasteiger partial charge on any atom is -0.326 e. The number of anilines is 1. The number of amides is 2. The number of nitrogens with two attached hydrogens (primary N) is 1. The maximum absolute atomic E-state index is 11.9. The Kier molecular flexibility index (Phi) is 2.36. The quantitative estimate of drug-likeness (QED) is 0.740. The number of hydrogen-bond acceptors (Lipinski definition) is 4. The van der Waals surface area contributed by atoms with E-state index in [1.807, 2.05) is 0 Å². The van der Waals surface area contributed by atoms with Gasteiger partial charge in [-0.2, -0.15) is 0 Å². The minimum absolute atomic E-state index is 0.0811. The summed E-state index contributed by atoms with van der Waals surface area (Å²) in [6.45, 7) is 0.250. The van der Waals surface area contributed by atoms with E-state index in [1.165, 1.54) is 13.1 Å². The van der Waals surface area contributed by atoms with Crippen molar-refractivity contribution in [2.24, 2.45) is 5.73 Å². The number of nitrogens with one attached hydrogen (secondary N) is 1. The van der Waals surface area contributed by atoms with Gasteiger partial charge < -0.3 is 11.1 Å². The maximum atomic E-state index is 11.9. The second kappa shape index (κ2) is 3.46. The molecular formula is C9H11N3O3S. The van der Waals surface area contributed by atoms with Crippen LogP contribution in [0.1, 0.15) is 5.56 Å². The zero-order valence-corrected chi connectivity index (χ0v) is 9.41. The summed E-state index contributed by atoms with van der Waals surface area (Å²) < 4.78 is 24.5. The van der Waals surface area contributed by atoms with Crippen molar-refractivity contribution in [3.8, 4) is 0 Å². The third-order valence-corrected chi connectivity index (χ3v) is 4.23. The molecule has 0 radical (unpaired) electrons. The van der Waals surface area contributed by atoms with Gasteiger partial charge in [0.25, 0.3) is 10.0 Å². The van der Waals surface area contributed by atoms with Crippen LogP contribution in [0.5, 0.6) is 0 Å². The molecule has 2 rings (SSSR count). The van der Waals surface area contributed by atoms with Gasteiger partial charge in [-0.3, -0.25) is 0 Å². The third-order valence-electron chi connectivity index (χ3n) is 2.45. The lowest BCUT2D eigenvalue weighted by molar-refractivity contribution is 0.240. The van der Waals surface area contributed by atoms with E-state index in [0.29, 0.717) is 15.6 Å². The first-order valence-corrected chi connectivity index (χ1v) is 6.03. The maximum Gasteiger partial charge on any atom is 0.335 e. The first kappa shape index (κ1) is 10.9. The average Bonchev–Trinajstić information content (AvgIpc) is 2.26. The third kappa shape index (κ3) is 1.44. The molecule has 0 saturated heterocycles. The molecule has 16 heavy (non-hydrogen) atoms. The molecule has 1 aromatic rings. The molecule has 1 aliphatic rings. The highest BCUT2D eigenvalue weighted by atomic mass is 32.2. The monoisotopic (exact) mass is 241 g/mol. The van der Waals surface area contributed by atoms with Crippen LogP contribution in [0.25, 0.3) is 0 Å². The van der Waals surface area contributed by atoms with Crippen molar-refractivity contribution < 1.29 is 13.2 Å². The van der Waals surface area contributed by atoms with Crippen molar-refractivity contribution >= 4 is 21.7 Å². The van der Waals surface area contributed by atoms with Gasteiger partial charge in [-0.15, -0.1) is 0 Å². The van der Waals surface area contributed by atoms with Crippen LogP contribution >= 0.6 is 0 Å². The molecule has 7 heteroatoms. The lowest BCUT2D eigenvalue weighted by atomic mass is 10.2. The van der Waals surface area contributed by atoms with Crippen LogP contribution in [0.2, 0.25) is 0 Å². The standard InChI is InChI=1S/C9H11N3O3S/c1-12-9(13)11-7-3-2-6(5-10)4-8(7)16(12,14)15/h2-4H,5,10H2,1H3,(H,11,13). The van der Waals surface area contributed by atoms with E-state index in [9.17, 15) is 13.2 Å². The Hall–Kier alpha value is -1.60. The van der Waals surface area contributed by atoms with E-state index in [1.54, 1.807) is 12.1 Å². The Balaban J connectivity index is 2.67. The molecular weight excluding hydrogens is 230 g/mol. The molecule has 0 unspecified atom stereocenters. The van der Waals surface area contributed by atoms with Crippen LogP contribution in [-0.4, -0.2) is 25.8 Å². The Bertz CT molecular complexity index is 553. The first-order valence-electron chi connectivity index (χ1n) is 4.59. The normalized spacial score (nSPS) is 17.9. The first-order chi connectivity index (χ1) is 7.46. The van der Waals surface area contributed by atoms with Crippen molar-refractivity contribution in [2.45, 2.75) is 11.4 Å². The van der Waals surface area contributed by atoms with Gasteiger partial charge in [-0.05, 0) is 17.7 Å². The number of fused-ring (bicyclic) bond motifs is 1. The van der Waals surface area contributed by atoms with E-state index >= 15 is 0 Å². The molecule has 2 amide bonds. The van der Waals surface area contributed by atoms with Gasteiger partial charge in [0, 0.05) is 13.6 Å².